The van der Waals surface area contributed by atoms with Gasteiger partial charge in [-0.25, -0.2) is 4.79 Å². The van der Waals surface area contributed by atoms with Gasteiger partial charge in [-0.05, 0) is 18.1 Å². The van der Waals surface area contributed by atoms with Crippen molar-refractivity contribution in [2.45, 2.75) is 25.5 Å². The minimum Gasteiger partial charge on any atom is -0.438 e. The number of rotatable bonds is 2. The van der Waals surface area contributed by atoms with Crippen molar-refractivity contribution in [3.8, 4) is 0 Å². The third kappa shape index (κ3) is 1.88. The van der Waals surface area contributed by atoms with Crippen molar-refractivity contribution in [1.29, 1.82) is 0 Å². The summed E-state index contributed by atoms with van der Waals surface area (Å²) >= 11 is 0. The summed E-state index contributed by atoms with van der Waals surface area (Å²) in [7, 11) is 0. The van der Waals surface area contributed by atoms with Gasteiger partial charge in [-0.1, -0.05) is 24.3 Å². The zero-order valence-corrected chi connectivity index (χ0v) is 9.32. The average Bonchev–Trinajstić information content (AvgIpc) is 2.29. The largest absolute Gasteiger partial charge is 0.438 e. The zero-order chi connectivity index (χ0) is 11.6. The molecule has 0 bridgehead atoms. The van der Waals surface area contributed by atoms with E-state index in [9.17, 15) is 4.79 Å². The summed E-state index contributed by atoms with van der Waals surface area (Å²) in [4.78, 5) is 11.3. The normalized spacial score (nSPS) is 24.8. The molecule has 1 aromatic rings. The second-order valence-electron chi connectivity index (χ2n) is 4.16. The van der Waals surface area contributed by atoms with E-state index >= 15 is 0 Å². The molecule has 2 rings (SSSR count). The Hall–Kier alpha value is -1.55. The van der Waals surface area contributed by atoms with Crippen molar-refractivity contribution in [2.24, 2.45) is 5.73 Å². The molecule has 16 heavy (non-hydrogen) atoms. The predicted molar refractivity (Wildman–Crippen MR) is 60.8 cm³/mol. The van der Waals surface area contributed by atoms with Crippen LogP contribution in [0.1, 0.15) is 24.5 Å². The first-order valence-corrected chi connectivity index (χ1v) is 5.41. The van der Waals surface area contributed by atoms with Gasteiger partial charge in [0.1, 0.15) is 5.60 Å². The molecule has 0 radical (unpaired) electrons. The number of alkyl carbamates (subject to hydrolysis) is 1. The van der Waals surface area contributed by atoms with Crippen LogP contribution in [0.15, 0.2) is 24.3 Å². The molecule has 1 aliphatic rings. The number of cyclic esters (lactones) is 1. The molecule has 1 saturated heterocycles. The van der Waals surface area contributed by atoms with Gasteiger partial charge in [-0.3, -0.25) is 0 Å². The maximum Gasteiger partial charge on any atom is 0.408 e. The van der Waals surface area contributed by atoms with Crippen LogP contribution in [-0.4, -0.2) is 12.6 Å². The Morgan fingerprint density at radius 1 is 1.50 bits per heavy atom. The first-order chi connectivity index (χ1) is 7.65. The molecule has 1 aliphatic heterocycles. The third-order valence-electron chi connectivity index (χ3n) is 3.00. The van der Waals surface area contributed by atoms with E-state index in [0.717, 1.165) is 17.5 Å². The summed E-state index contributed by atoms with van der Waals surface area (Å²) in [5.74, 6) is 0. The zero-order valence-electron chi connectivity index (χ0n) is 9.32. The maximum absolute atomic E-state index is 11.3. The lowest BCUT2D eigenvalue weighted by atomic mass is 9.87. The Labute approximate surface area is 94.8 Å². The first-order valence-electron chi connectivity index (χ1n) is 5.41. The van der Waals surface area contributed by atoms with E-state index in [1.807, 2.05) is 31.2 Å². The average molecular weight is 220 g/mol. The van der Waals surface area contributed by atoms with Gasteiger partial charge in [0.2, 0.25) is 0 Å². The summed E-state index contributed by atoms with van der Waals surface area (Å²) in [6.45, 7) is 3.02. The molecule has 0 saturated carbocycles. The minimum atomic E-state index is -0.557. The Kier molecular flexibility index (Phi) is 2.83. The van der Waals surface area contributed by atoms with Crippen LogP contribution >= 0.6 is 0 Å². The van der Waals surface area contributed by atoms with Crippen LogP contribution in [0, 0.1) is 0 Å². The number of amides is 1. The highest BCUT2D eigenvalue weighted by Gasteiger charge is 2.35. The maximum atomic E-state index is 11.3. The van der Waals surface area contributed by atoms with E-state index in [1.54, 1.807) is 0 Å². The highest BCUT2D eigenvalue weighted by atomic mass is 16.6. The van der Waals surface area contributed by atoms with Crippen LogP contribution < -0.4 is 11.1 Å². The smallest absolute Gasteiger partial charge is 0.408 e. The Morgan fingerprint density at radius 3 is 2.94 bits per heavy atom. The number of hydrogen-bond donors (Lipinski definition) is 2. The quantitative estimate of drug-likeness (QED) is 0.793. The molecule has 0 spiro atoms. The Balaban J connectivity index is 2.37. The summed E-state index contributed by atoms with van der Waals surface area (Å²) in [6, 6.07) is 7.82. The van der Waals surface area contributed by atoms with Gasteiger partial charge in [0.25, 0.3) is 0 Å². The predicted octanol–water partition coefficient (Wildman–Crippen LogP) is 1.49. The van der Waals surface area contributed by atoms with Gasteiger partial charge < -0.3 is 15.8 Å². The standard InChI is InChI=1S/C12H16N2O2/c1-12(6-7-14-11(15)16-12)10-5-3-2-4-9(10)8-13/h2-5H,6-8,13H2,1H3,(H,14,15). The van der Waals surface area contributed by atoms with Gasteiger partial charge in [0, 0.05) is 19.5 Å². The fraction of sp³-hybridized carbons (Fsp3) is 0.417. The lowest BCUT2D eigenvalue weighted by Crippen LogP contribution is -2.44. The van der Waals surface area contributed by atoms with Crippen molar-refractivity contribution < 1.29 is 9.53 Å². The molecule has 1 atom stereocenters. The highest BCUT2D eigenvalue weighted by molar-refractivity contribution is 5.69. The number of nitrogens with one attached hydrogen (secondary N) is 1. The molecular weight excluding hydrogens is 204 g/mol. The number of carbonyl (C=O) groups excluding carboxylic acids is 1. The van der Waals surface area contributed by atoms with Crippen molar-refractivity contribution in [2.75, 3.05) is 6.54 Å². The number of carbonyl (C=O) groups is 1. The van der Waals surface area contributed by atoms with E-state index in [0.29, 0.717) is 13.1 Å². The Bertz CT molecular complexity index is 406. The molecule has 1 fully saturated rings. The molecule has 4 nitrogen and oxygen atoms in total. The number of ether oxygens (including phenoxy) is 1. The molecule has 0 aromatic heterocycles. The van der Waals surface area contributed by atoms with Crippen LogP contribution in [0.2, 0.25) is 0 Å². The van der Waals surface area contributed by atoms with Crippen LogP contribution in [-0.2, 0) is 16.9 Å². The number of benzene rings is 1. The SMILES string of the molecule is CC1(c2ccccc2CN)CCNC(=O)O1. The first kappa shape index (κ1) is 11.0. The monoisotopic (exact) mass is 220 g/mol. The molecule has 1 amide bonds. The van der Waals surface area contributed by atoms with Crippen molar-refractivity contribution >= 4 is 6.09 Å². The molecule has 86 valence electrons. The Morgan fingerprint density at radius 2 is 2.25 bits per heavy atom. The van der Waals surface area contributed by atoms with E-state index in [4.69, 9.17) is 10.5 Å². The van der Waals surface area contributed by atoms with Crippen LogP contribution in [0.5, 0.6) is 0 Å². The van der Waals surface area contributed by atoms with Crippen LogP contribution in [0.4, 0.5) is 4.79 Å². The second kappa shape index (κ2) is 4.14. The van der Waals surface area contributed by atoms with Gasteiger partial charge >= 0.3 is 6.09 Å². The summed E-state index contributed by atoms with van der Waals surface area (Å²) < 4.78 is 5.40. The molecule has 1 unspecified atom stereocenters. The summed E-state index contributed by atoms with van der Waals surface area (Å²) in [5, 5.41) is 2.65. The fourth-order valence-corrected chi connectivity index (χ4v) is 2.10. The molecule has 0 aliphatic carbocycles. The van der Waals surface area contributed by atoms with Crippen LogP contribution in [0.3, 0.4) is 0 Å². The summed E-state index contributed by atoms with van der Waals surface area (Å²) in [5.41, 5.74) is 7.17. The highest BCUT2D eigenvalue weighted by Crippen LogP contribution is 2.33. The lowest BCUT2D eigenvalue weighted by molar-refractivity contribution is -0.00332. The second-order valence-corrected chi connectivity index (χ2v) is 4.16. The van der Waals surface area contributed by atoms with Crippen LogP contribution in [0.25, 0.3) is 0 Å². The molecular formula is C12H16N2O2. The fourth-order valence-electron chi connectivity index (χ4n) is 2.10. The lowest BCUT2D eigenvalue weighted by Gasteiger charge is -2.35. The number of nitrogens with two attached hydrogens (primary N) is 1. The third-order valence-corrected chi connectivity index (χ3v) is 3.00. The van der Waals surface area contributed by atoms with Gasteiger partial charge in [0.05, 0.1) is 0 Å². The van der Waals surface area contributed by atoms with E-state index in [-0.39, 0.29) is 6.09 Å². The van der Waals surface area contributed by atoms with Crippen molar-refractivity contribution in [1.82, 2.24) is 5.32 Å². The van der Waals surface area contributed by atoms with E-state index < -0.39 is 5.60 Å². The van der Waals surface area contributed by atoms with Crippen molar-refractivity contribution in [3.05, 3.63) is 35.4 Å². The van der Waals surface area contributed by atoms with E-state index in [1.165, 1.54) is 0 Å². The topological polar surface area (TPSA) is 64.3 Å². The van der Waals surface area contributed by atoms with Gasteiger partial charge in [-0.15, -0.1) is 0 Å². The van der Waals surface area contributed by atoms with Crippen molar-refractivity contribution in [3.63, 3.8) is 0 Å². The van der Waals surface area contributed by atoms with Gasteiger partial charge in [0.15, 0.2) is 0 Å². The molecule has 4 heteroatoms. The molecule has 1 aromatic carbocycles. The summed E-state index contributed by atoms with van der Waals surface area (Å²) in [6.07, 6.45) is 0.399. The minimum absolute atomic E-state index is 0.361. The van der Waals surface area contributed by atoms with Gasteiger partial charge in [-0.2, -0.15) is 0 Å². The van der Waals surface area contributed by atoms with E-state index in [2.05, 4.69) is 5.32 Å². The molecule has 1 heterocycles. The molecule has 3 N–H and O–H groups in total. The number of hydrogen-bond acceptors (Lipinski definition) is 3.